The standard InChI is InChI=1S/C20H28N6O2S/c1-21-20(26-13-11-25(12-14-26)19-5-3-4-10-23-19)24-15-17-6-8-18(9-7-17)16-29(27,28)22-2/h3-10,22H,11-16H2,1-2H3,(H,21,24). The number of benzene rings is 1. The maximum atomic E-state index is 11.6. The molecule has 2 aromatic rings. The summed E-state index contributed by atoms with van der Waals surface area (Å²) in [5.74, 6) is 1.86. The van der Waals surface area contributed by atoms with Gasteiger partial charge in [0.1, 0.15) is 5.82 Å². The maximum Gasteiger partial charge on any atom is 0.215 e. The monoisotopic (exact) mass is 416 g/mol. The SMILES string of the molecule is CN=C(NCc1ccc(CS(=O)(=O)NC)cc1)N1CCN(c2ccccn2)CC1. The van der Waals surface area contributed by atoms with Crippen LogP contribution in [0, 0.1) is 0 Å². The van der Waals surface area contributed by atoms with Crippen molar-refractivity contribution in [2.75, 3.05) is 45.2 Å². The molecule has 29 heavy (non-hydrogen) atoms. The lowest BCUT2D eigenvalue weighted by Crippen LogP contribution is -2.52. The summed E-state index contributed by atoms with van der Waals surface area (Å²) in [7, 11) is -0.0372. The highest BCUT2D eigenvalue weighted by molar-refractivity contribution is 7.88. The van der Waals surface area contributed by atoms with E-state index in [1.807, 2.05) is 48.7 Å². The molecule has 0 unspecified atom stereocenters. The highest BCUT2D eigenvalue weighted by Crippen LogP contribution is 2.13. The van der Waals surface area contributed by atoms with E-state index < -0.39 is 10.0 Å². The first-order valence-electron chi connectivity index (χ1n) is 9.61. The second kappa shape index (κ2) is 9.71. The predicted octanol–water partition coefficient (Wildman–Crippen LogP) is 1.03. The van der Waals surface area contributed by atoms with Crippen LogP contribution in [0.25, 0.3) is 0 Å². The Labute approximate surface area is 172 Å². The average molecular weight is 417 g/mol. The molecule has 0 bridgehead atoms. The molecule has 3 rings (SSSR count). The third-order valence-corrected chi connectivity index (χ3v) is 6.24. The molecule has 1 saturated heterocycles. The molecule has 1 aromatic heterocycles. The highest BCUT2D eigenvalue weighted by atomic mass is 32.2. The van der Waals surface area contributed by atoms with Crippen LogP contribution in [-0.4, -0.2) is 64.5 Å². The van der Waals surface area contributed by atoms with Crippen LogP contribution >= 0.6 is 0 Å². The highest BCUT2D eigenvalue weighted by Gasteiger charge is 2.20. The van der Waals surface area contributed by atoms with Crippen molar-refractivity contribution in [2.45, 2.75) is 12.3 Å². The van der Waals surface area contributed by atoms with E-state index in [0.29, 0.717) is 6.54 Å². The van der Waals surface area contributed by atoms with Crippen molar-refractivity contribution in [1.82, 2.24) is 19.9 Å². The van der Waals surface area contributed by atoms with Crippen molar-refractivity contribution < 1.29 is 8.42 Å². The smallest absolute Gasteiger partial charge is 0.215 e. The molecular formula is C20H28N6O2S. The van der Waals surface area contributed by atoms with Crippen LogP contribution in [0.3, 0.4) is 0 Å². The fraction of sp³-hybridized carbons (Fsp3) is 0.400. The third kappa shape index (κ3) is 5.91. The molecule has 1 aliphatic heterocycles. The van der Waals surface area contributed by atoms with Crippen LogP contribution in [0.4, 0.5) is 5.82 Å². The van der Waals surface area contributed by atoms with Crippen molar-refractivity contribution in [3.63, 3.8) is 0 Å². The van der Waals surface area contributed by atoms with E-state index in [1.165, 1.54) is 7.05 Å². The molecule has 9 heteroatoms. The van der Waals surface area contributed by atoms with E-state index in [4.69, 9.17) is 0 Å². The summed E-state index contributed by atoms with van der Waals surface area (Å²) < 4.78 is 25.6. The Morgan fingerprint density at radius 3 is 2.34 bits per heavy atom. The Hall–Kier alpha value is -2.65. The number of aromatic nitrogens is 1. The predicted molar refractivity (Wildman–Crippen MR) is 116 cm³/mol. The number of pyridine rings is 1. The van der Waals surface area contributed by atoms with Crippen molar-refractivity contribution >= 4 is 21.8 Å². The van der Waals surface area contributed by atoms with Crippen molar-refractivity contribution in [2.24, 2.45) is 4.99 Å². The van der Waals surface area contributed by atoms with Crippen LogP contribution in [0.5, 0.6) is 0 Å². The molecule has 1 fully saturated rings. The summed E-state index contributed by atoms with van der Waals surface area (Å²) in [6.45, 7) is 4.17. The van der Waals surface area contributed by atoms with Gasteiger partial charge in [0.2, 0.25) is 10.0 Å². The van der Waals surface area contributed by atoms with E-state index >= 15 is 0 Å². The van der Waals surface area contributed by atoms with Gasteiger partial charge < -0.3 is 15.1 Å². The number of sulfonamides is 1. The molecule has 2 N–H and O–H groups in total. The van der Waals surface area contributed by atoms with Gasteiger partial charge in [-0.3, -0.25) is 4.99 Å². The summed E-state index contributed by atoms with van der Waals surface area (Å²) in [6.07, 6.45) is 1.82. The molecule has 0 amide bonds. The molecule has 1 aliphatic rings. The van der Waals surface area contributed by atoms with Crippen LogP contribution in [-0.2, 0) is 22.3 Å². The number of nitrogens with zero attached hydrogens (tertiary/aromatic N) is 4. The van der Waals surface area contributed by atoms with Gasteiger partial charge in [-0.05, 0) is 30.3 Å². The number of hydrogen-bond acceptors (Lipinski definition) is 5. The molecule has 0 spiro atoms. The minimum Gasteiger partial charge on any atom is -0.353 e. The molecular weight excluding hydrogens is 388 g/mol. The quantitative estimate of drug-likeness (QED) is 0.540. The van der Waals surface area contributed by atoms with E-state index in [2.05, 4.69) is 29.8 Å². The molecule has 8 nitrogen and oxygen atoms in total. The van der Waals surface area contributed by atoms with Crippen LogP contribution in [0.2, 0.25) is 0 Å². The normalized spacial score (nSPS) is 15.4. The lowest BCUT2D eigenvalue weighted by molar-refractivity contribution is 0.371. The number of piperazine rings is 1. The van der Waals surface area contributed by atoms with Gasteiger partial charge in [-0.25, -0.2) is 18.1 Å². The summed E-state index contributed by atoms with van der Waals surface area (Å²) in [5.41, 5.74) is 1.84. The maximum absolute atomic E-state index is 11.6. The summed E-state index contributed by atoms with van der Waals surface area (Å²) in [4.78, 5) is 13.4. The summed E-state index contributed by atoms with van der Waals surface area (Å²) >= 11 is 0. The second-order valence-corrected chi connectivity index (χ2v) is 8.77. The Morgan fingerprint density at radius 2 is 1.76 bits per heavy atom. The van der Waals surface area contributed by atoms with Gasteiger partial charge in [0, 0.05) is 46.0 Å². The average Bonchev–Trinajstić information content (AvgIpc) is 2.76. The van der Waals surface area contributed by atoms with Crippen LogP contribution < -0.4 is 14.9 Å². The molecule has 2 heterocycles. The Balaban J connectivity index is 1.51. The number of aliphatic imine (C=N–C) groups is 1. The van der Waals surface area contributed by atoms with E-state index in [-0.39, 0.29) is 5.75 Å². The van der Waals surface area contributed by atoms with Crippen LogP contribution in [0.1, 0.15) is 11.1 Å². The number of rotatable bonds is 6. The molecule has 156 valence electrons. The van der Waals surface area contributed by atoms with Gasteiger partial charge in [-0.2, -0.15) is 0 Å². The summed E-state index contributed by atoms with van der Waals surface area (Å²) in [6, 6.07) is 13.6. The van der Waals surface area contributed by atoms with Gasteiger partial charge >= 0.3 is 0 Å². The lowest BCUT2D eigenvalue weighted by atomic mass is 10.1. The minimum absolute atomic E-state index is 0.0145. The molecule has 0 radical (unpaired) electrons. The first kappa shape index (κ1) is 21.1. The van der Waals surface area contributed by atoms with Gasteiger partial charge in [0.05, 0.1) is 5.75 Å². The van der Waals surface area contributed by atoms with Gasteiger partial charge in [-0.15, -0.1) is 0 Å². The number of guanidine groups is 1. The van der Waals surface area contributed by atoms with Gasteiger partial charge in [0.25, 0.3) is 0 Å². The third-order valence-electron chi connectivity index (χ3n) is 4.91. The van der Waals surface area contributed by atoms with E-state index in [9.17, 15) is 8.42 Å². The second-order valence-electron chi connectivity index (χ2n) is 6.84. The van der Waals surface area contributed by atoms with Crippen molar-refractivity contribution in [3.05, 3.63) is 59.8 Å². The topological polar surface area (TPSA) is 89.9 Å². The lowest BCUT2D eigenvalue weighted by Gasteiger charge is -2.37. The zero-order valence-electron chi connectivity index (χ0n) is 16.9. The van der Waals surface area contributed by atoms with E-state index in [1.54, 1.807) is 7.05 Å². The Morgan fingerprint density at radius 1 is 1.07 bits per heavy atom. The number of anilines is 1. The van der Waals surface area contributed by atoms with Gasteiger partial charge in [0.15, 0.2) is 5.96 Å². The molecule has 0 aliphatic carbocycles. The first-order valence-corrected chi connectivity index (χ1v) is 11.3. The number of hydrogen-bond donors (Lipinski definition) is 2. The Bertz CT molecular complexity index is 908. The largest absolute Gasteiger partial charge is 0.353 e. The molecule has 0 atom stereocenters. The zero-order valence-corrected chi connectivity index (χ0v) is 17.7. The summed E-state index contributed by atoms with van der Waals surface area (Å²) in [5, 5.41) is 3.40. The zero-order chi connectivity index (χ0) is 20.7. The molecule has 1 aromatic carbocycles. The Kier molecular flexibility index (Phi) is 7.05. The van der Waals surface area contributed by atoms with E-state index in [0.717, 1.165) is 49.1 Å². The van der Waals surface area contributed by atoms with Crippen LogP contribution in [0.15, 0.2) is 53.7 Å². The fourth-order valence-corrected chi connectivity index (χ4v) is 4.02. The fourth-order valence-electron chi connectivity index (χ4n) is 3.25. The number of nitrogens with one attached hydrogen (secondary N) is 2. The van der Waals surface area contributed by atoms with Gasteiger partial charge in [-0.1, -0.05) is 30.3 Å². The van der Waals surface area contributed by atoms with Crippen molar-refractivity contribution in [3.8, 4) is 0 Å². The van der Waals surface area contributed by atoms with Crippen molar-refractivity contribution in [1.29, 1.82) is 0 Å². The molecule has 0 saturated carbocycles. The minimum atomic E-state index is -3.25. The first-order chi connectivity index (χ1) is 14.0.